The van der Waals surface area contributed by atoms with Gasteiger partial charge in [0.25, 0.3) is 0 Å². The number of aliphatic hydroxyl groups excluding tert-OH is 1. The minimum atomic E-state index is 0.0511. The van der Waals surface area contributed by atoms with Crippen LogP contribution in [-0.4, -0.2) is 20.8 Å². The first-order valence-corrected chi connectivity index (χ1v) is 8.74. The summed E-state index contributed by atoms with van der Waals surface area (Å²) < 4.78 is 0. The Kier molecular flexibility index (Phi) is 4.88. The van der Waals surface area contributed by atoms with Crippen molar-refractivity contribution in [3.05, 3.63) is 71.2 Å². The fraction of sp³-hybridized carbons (Fsp3) is 0.158. The zero-order valence-electron chi connectivity index (χ0n) is 13.3. The van der Waals surface area contributed by atoms with Gasteiger partial charge in [0, 0.05) is 5.75 Å². The molecule has 3 aromatic rings. The summed E-state index contributed by atoms with van der Waals surface area (Å²) in [6.45, 7) is 2.07. The number of fused-ring (bicyclic) bond motifs is 1. The normalized spacial score (nSPS) is 12.0. The Morgan fingerprint density at radius 3 is 2.71 bits per heavy atom. The van der Waals surface area contributed by atoms with Gasteiger partial charge in [0.15, 0.2) is 5.82 Å². The van der Waals surface area contributed by atoms with Crippen LogP contribution in [0.4, 0.5) is 0 Å². The number of nitrogens with zero attached hydrogens (tertiary/aromatic N) is 2. The first-order chi connectivity index (χ1) is 11.7. The molecule has 0 aliphatic carbocycles. The summed E-state index contributed by atoms with van der Waals surface area (Å²) in [4.78, 5) is 7.46. The molecule has 2 N–H and O–H groups in total. The van der Waals surface area contributed by atoms with Gasteiger partial charge in [-0.15, -0.1) is 11.8 Å². The number of H-pyrrole nitrogens is 1. The molecule has 0 spiro atoms. The number of thioether (sulfide) groups is 1. The quantitative estimate of drug-likeness (QED) is 0.528. The van der Waals surface area contributed by atoms with E-state index >= 15 is 0 Å². The summed E-state index contributed by atoms with van der Waals surface area (Å²) >= 11 is 1.57. The van der Waals surface area contributed by atoms with E-state index in [-0.39, 0.29) is 11.3 Å². The second-order valence-corrected chi connectivity index (χ2v) is 6.44. The number of para-hydroxylation sites is 2. The van der Waals surface area contributed by atoms with E-state index in [1.54, 1.807) is 11.8 Å². The lowest BCUT2D eigenvalue weighted by atomic mass is 10.1. The molecular weight excluding hydrogens is 318 g/mol. The summed E-state index contributed by atoms with van der Waals surface area (Å²) in [5, 5.41) is 19.7. The Bertz CT molecular complexity index is 904. The molecule has 0 fully saturated rings. The van der Waals surface area contributed by atoms with E-state index in [1.807, 2.05) is 36.4 Å². The lowest BCUT2D eigenvalue weighted by Crippen LogP contribution is -1.96. The van der Waals surface area contributed by atoms with Crippen LogP contribution in [0, 0.1) is 18.3 Å². The van der Waals surface area contributed by atoms with Gasteiger partial charge in [0.1, 0.15) is 17.4 Å². The number of nitrogens with one attached hydrogen (secondary N) is 1. The third-order valence-electron chi connectivity index (χ3n) is 3.78. The van der Waals surface area contributed by atoms with E-state index in [0.29, 0.717) is 11.6 Å². The van der Waals surface area contributed by atoms with E-state index in [1.165, 1.54) is 11.1 Å². The van der Waals surface area contributed by atoms with Gasteiger partial charge in [0.2, 0.25) is 0 Å². The molecule has 2 aromatic carbocycles. The highest BCUT2D eigenvalue weighted by Gasteiger charge is 2.13. The number of allylic oxidation sites excluding steroid dienone is 1. The molecule has 0 atom stereocenters. The van der Waals surface area contributed by atoms with Crippen molar-refractivity contribution in [1.82, 2.24) is 9.97 Å². The number of benzene rings is 2. The number of aliphatic hydroxyl groups is 1. The molecule has 1 aromatic heterocycles. The van der Waals surface area contributed by atoms with Crippen molar-refractivity contribution in [2.24, 2.45) is 0 Å². The maximum Gasteiger partial charge on any atom is 0.152 e. The first-order valence-electron chi connectivity index (χ1n) is 7.58. The van der Waals surface area contributed by atoms with Crippen LogP contribution in [0.3, 0.4) is 0 Å². The average Bonchev–Trinajstić information content (AvgIpc) is 3.01. The van der Waals surface area contributed by atoms with Crippen LogP contribution in [0.1, 0.15) is 17.0 Å². The van der Waals surface area contributed by atoms with Crippen LogP contribution in [0.2, 0.25) is 0 Å². The van der Waals surface area contributed by atoms with Gasteiger partial charge in [-0.05, 0) is 30.2 Å². The van der Waals surface area contributed by atoms with Gasteiger partial charge in [-0.25, -0.2) is 4.98 Å². The third kappa shape index (κ3) is 3.44. The molecule has 0 aliphatic heterocycles. The topological polar surface area (TPSA) is 72.7 Å². The largest absolute Gasteiger partial charge is 0.510 e. The minimum absolute atomic E-state index is 0.0511. The Morgan fingerprint density at radius 2 is 1.96 bits per heavy atom. The molecule has 5 heteroatoms. The van der Waals surface area contributed by atoms with Crippen molar-refractivity contribution >= 4 is 28.4 Å². The molecule has 0 saturated heterocycles. The molecule has 1 heterocycles. The highest BCUT2D eigenvalue weighted by molar-refractivity contribution is 7.98. The number of aryl methyl sites for hydroxylation is 1. The SMILES string of the molecule is Cc1ccccc1CSC/C(O)=C(\C#N)c1nc2ccccc2[nH]1. The Labute approximate surface area is 144 Å². The highest BCUT2D eigenvalue weighted by atomic mass is 32.2. The number of hydrogen-bond acceptors (Lipinski definition) is 4. The molecule has 3 rings (SSSR count). The summed E-state index contributed by atoms with van der Waals surface area (Å²) in [5.41, 5.74) is 4.29. The number of rotatable bonds is 5. The van der Waals surface area contributed by atoms with Crippen LogP contribution in [-0.2, 0) is 5.75 Å². The molecule has 0 bridgehead atoms. The van der Waals surface area contributed by atoms with Gasteiger partial charge in [-0.3, -0.25) is 0 Å². The predicted octanol–water partition coefficient (Wildman–Crippen LogP) is 4.60. The molecule has 4 nitrogen and oxygen atoms in total. The minimum Gasteiger partial charge on any atom is -0.510 e. The van der Waals surface area contributed by atoms with Crippen molar-refractivity contribution in [2.75, 3.05) is 5.75 Å². The third-order valence-corrected chi connectivity index (χ3v) is 4.78. The second kappa shape index (κ2) is 7.24. The van der Waals surface area contributed by atoms with E-state index < -0.39 is 0 Å². The van der Waals surface area contributed by atoms with Crippen molar-refractivity contribution in [3.8, 4) is 6.07 Å². The van der Waals surface area contributed by atoms with Crippen LogP contribution >= 0.6 is 11.8 Å². The van der Waals surface area contributed by atoms with Gasteiger partial charge >= 0.3 is 0 Å². The molecule has 0 unspecified atom stereocenters. The lowest BCUT2D eigenvalue weighted by Gasteiger charge is -2.06. The standard InChI is InChI=1S/C19H17N3OS/c1-13-6-2-3-7-14(13)11-24-12-18(23)15(10-20)19-21-16-8-4-5-9-17(16)22-19/h2-9,23H,11-12H2,1H3,(H,21,22)/b18-15-. The van der Waals surface area contributed by atoms with Gasteiger partial charge in [0.05, 0.1) is 16.8 Å². The Hall–Kier alpha value is -2.71. The maximum absolute atomic E-state index is 10.3. The number of aromatic nitrogens is 2. The highest BCUT2D eigenvalue weighted by Crippen LogP contribution is 2.23. The first kappa shape index (κ1) is 16.2. The Morgan fingerprint density at radius 1 is 1.21 bits per heavy atom. The summed E-state index contributed by atoms with van der Waals surface area (Å²) in [6.07, 6.45) is 0. The molecule has 0 aliphatic rings. The molecule has 0 amide bonds. The van der Waals surface area contributed by atoms with Crippen molar-refractivity contribution in [3.63, 3.8) is 0 Å². The number of hydrogen-bond donors (Lipinski definition) is 2. The zero-order valence-corrected chi connectivity index (χ0v) is 14.1. The molecule has 120 valence electrons. The van der Waals surface area contributed by atoms with Crippen LogP contribution in [0.15, 0.2) is 54.3 Å². The van der Waals surface area contributed by atoms with Crippen LogP contribution in [0.5, 0.6) is 0 Å². The van der Waals surface area contributed by atoms with E-state index in [9.17, 15) is 10.4 Å². The van der Waals surface area contributed by atoms with E-state index in [2.05, 4.69) is 35.1 Å². The fourth-order valence-electron chi connectivity index (χ4n) is 2.43. The van der Waals surface area contributed by atoms with Gasteiger partial charge in [-0.1, -0.05) is 36.4 Å². The number of aromatic amines is 1. The summed E-state index contributed by atoms with van der Waals surface area (Å²) in [5.74, 6) is 1.62. The van der Waals surface area contributed by atoms with Crippen LogP contribution in [0.25, 0.3) is 16.6 Å². The lowest BCUT2D eigenvalue weighted by molar-refractivity contribution is 0.420. The summed E-state index contributed by atoms with van der Waals surface area (Å²) in [6, 6.07) is 17.8. The van der Waals surface area contributed by atoms with E-state index in [0.717, 1.165) is 16.8 Å². The molecule has 0 radical (unpaired) electrons. The van der Waals surface area contributed by atoms with Crippen molar-refractivity contribution < 1.29 is 5.11 Å². The zero-order chi connectivity index (χ0) is 16.9. The van der Waals surface area contributed by atoms with Crippen LogP contribution < -0.4 is 0 Å². The maximum atomic E-state index is 10.3. The monoisotopic (exact) mass is 335 g/mol. The summed E-state index contributed by atoms with van der Waals surface area (Å²) in [7, 11) is 0. The predicted molar refractivity (Wildman–Crippen MR) is 98.6 cm³/mol. The van der Waals surface area contributed by atoms with Gasteiger partial charge < -0.3 is 10.1 Å². The average molecular weight is 335 g/mol. The molecule has 24 heavy (non-hydrogen) atoms. The molecule has 0 saturated carbocycles. The van der Waals surface area contributed by atoms with Crippen molar-refractivity contribution in [2.45, 2.75) is 12.7 Å². The Balaban J connectivity index is 1.75. The van der Waals surface area contributed by atoms with Crippen molar-refractivity contribution in [1.29, 1.82) is 5.26 Å². The smallest absolute Gasteiger partial charge is 0.152 e. The van der Waals surface area contributed by atoms with E-state index in [4.69, 9.17) is 0 Å². The fourth-order valence-corrected chi connectivity index (χ4v) is 3.41. The van der Waals surface area contributed by atoms with Gasteiger partial charge in [-0.2, -0.15) is 5.26 Å². The second-order valence-electron chi connectivity index (χ2n) is 5.46. The number of nitriles is 1. The molecular formula is C19H17N3OS. The number of imidazole rings is 1.